The minimum atomic E-state index is -3.57. The summed E-state index contributed by atoms with van der Waals surface area (Å²) in [7, 11) is -3.57. The molecule has 0 spiro atoms. The second kappa shape index (κ2) is 8.82. The highest BCUT2D eigenvalue weighted by Gasteiger charge is 2.22. The molecule has 3 rings (SSSR count). The number of anilines is 1. The van der Waals surface area contributed by atoms with E-state index in [-0.39, 0.29) is 18.5 Å². The number of amides is 1. The molecule has 0 radical (unpaired) electrons. The predicted molar refractivity (Wildman–Crippen MR) is 121 cm³/mol. The fourth-order valence-electron chi connectivity index (χ4n) is 3.53. The van der Waals surface area contributed by atoms with E-state index in [2.05, 4.69) is 46.1 Å². The summed E-state index contributed by atoms with van der Waals surface area (Å²) in [5.74, 6) is -0.325. The highest BCUT2D eigenvalue weighted by atomic mass is 127. The third-order valence-corrected chi connectivity index (χ3v) is 6.91. The number of carbonyl (C=O) groups excluding carboxylic acids is 1. The monoisotopic (exact) mass is 512 g/mol. The van der Waals surface area contributed by atoms with Crippen LogP contribution in [0, 0.1) is 3.57 Å². The van der Waals surface area contributed by atoms with Gasteiger partial charge in [-0.3, -0.25) is 9.10 Å². The number of fused-ring (bicyclic) bond motifs is 1. The van der Waals surface area contributed by atoms with E-state index in [1.807, 2.05) is 19.1 Å². The fourth-order valence-corrected chi connectivity index (χ4v) is 4.75. The first kappa shape index (κ1) is 21.1. The molecule has 0 heterocycles. The molecule has 0 aromatic heterocycles. The van der Waals surface area contributed by atoms with Crippen molar-refractivity contribution in [3.8, 4) is 0 Å². The van der Waals surface area contributed by atoms with Gasteiger partial charge in [-0.15, -0.1) is 0 Å². The van der Waals surface area contributed by atoms with Crippen LogP contribution in [0.3, 0.4) is 0 Å². The average Bonchev–Trinajstić information content (AvgIpc) is 2.65. The number of carbonyl (C=O) groups is 1. The molecule has 0 saturated heterocycles. The van der Waals surface area contributed by atoms with E-state index >= 15 is 0 Å². The van der Waals surface area contributed by atoms with Crippen LogP contribution in [0.5, 0.6) is 0 Å². The van der Waals surface area contributed by atoms with Crippen molar-refractivity contribution >= 4 is 44.2 Å². The summed E-state index contributed by atoms with van der Waals surface area (Å²) in [6.45, 7) is 1.69. The highest BCUT2D eigenvalue weighted by Crippen LogP contribution is 2.25. The Morgan fingerprint density at radius 1 is 1.11 bits per heavy atom. The van der Waals surface area contributed by atoms with Crippen LogP contribution in [-0.4, -0.2) is 27.1 Å². The molecule has 1 aliphatic rings. The molecule has 1 aliphatic carbocycles. The molecule has 2 aromatic rings. The van der Waals surface area contributed by atoms with Gasteiger partial charge in [0.25, 0.3) is 0 Å². The minimum Gasteiger partial charge on any atom is -0.348 e. The number of nitrogens with zero attached hydrogens (tertiary/aromatic N) is 1. The van der Waals surface area contributed by atoms with Crippen molar-refractivity contribution in [3.05, 3.63) is 62.7 Å². The summed E-state index contributed by atoms with van der Waals surface area (Å²) in [4.78, 5) is 12.6. The molecule has 0 unspecified atom stereocenters. The molecule has 1 atom stereocenters. The van der Waals surface area contributed by atoms with Crippen LogP contribution in [-0.2, 0) is 27.7 Å². The Morgan fingerprint density at radius 3 is 2.39 bits per heavy atom. The van der Waals surface area contributed by atoms with E-state index in [0.717, 1.165) is 32.5 Å². The molecular formula is C21H25IN2O3S. The number of nitrogens with one attached hydrogen (secondary N) is 1. The first-order valence-electron chi connectivity index (χ1n) is 9.38. The third kappa shape index (κ3) is 5.26. The predicted octanol–water partition coefficient (Wildman–Crippen LogP) is 3.81. The van der Waals surface area contributed by atoms with Gasteiger partial charge in [-0.1, -0.05) is 18.2 Å². The van der Waals surface area contributed by atoms with Crippen LogP contribution in [0.4, 0.5) is 5.69 Å². The van der Waals surface area contributed by atoms with Crippen LogP contribution in [0.25, 0.3) is 0 Å². The number of benzene rings is 2. The molecule has 0 aliphatic heterocycles. The Balaban J connectivity index is 1.71. The topological polar surface area (TPSA) is 66.5 Å². The average molecular weight is 512 g/mol. The number of sulfonamides is 1. The van der Waals surface area contributed by atoms with Crippen molar-refractivity contribution in [1.82, 2.24) is 5.32 Å². The normalized spacial score (nSPS) is 14.8. The van der Waals surface area contributed by atoms with E-state index in [4.69, 9.17) is 0 Å². The Kier molecular flexibility index (Phi) is 6.65. The van der Waals surface area contributed by atoms with Crippen molar-refractivity contribution < 1.29 is 13.2 Å². The first-order chi connectivity index (χ1) is 13.2. The van der Waals surface area contributed by atoms with E-state index in [0.29, 0.717) is 5.69 Å². The molecule has 0 saturated carbocycles. The van der Waals surface area contributed by atoms with Gasteiger partial charge in [0.15, 0.2) is 0 Å². The van der Waals surface area contributed by atoms with Gasteiger partial charge < -0.3 is 5.32 Å². The lowest BCUT2D eigenvalue weighted by atomic mass is 9.89. The molecule has 2 aromatic carbocycles. The van der Waals surface area contributed by atoms with Crippen molar-refractivity contribution in [2.75, 3.05) is 17.1 Å². The van der Waals surface area contributed by atoms with E-state index in [1.165, 1.54) is 24.0 Å². The molecule has 7 heteroatoms. The number of hydrogen-bond donors (Lipinski definition) is 1. The Hall–Kier alpha value is -1.61. The van der Waals surface area contributed by atoms with Gasteiger partial charge in [-0.25, -0.2) is 8.42 Å². The van der Waals surface area contributed by atoms with Crippen LogP contribution < -0.4 is 9.62 Å². The highest BCUT2D eigenvalue weighted by molar-refractivity contribution is 14.1. The zero-order valence-electron chi connectivity index (χ0n) is 16.1. The van der Waals surface area contributed by atoms with Gasteiger partial charge in [-0.2, -0.15) is 0 Å². The molecular weight excluding hydrogens is 487 g/mol. The molecule has 28 heavy (non-hydrogen) atoms. The second-order valence-corrected chi connectivity index (χ2v) is 10.4. The molecule has 150 valence electrons. The van der Waals surface area contributed by atoms with Crippen molar-refractivity contribution in [2.45, 2.75) is 38.6 Å². The molecule has 0 fully saturated rings. The quantitative estimate of drug-likeness (QED) is 0.599. The van der Waals surface area contributed by atoms with Crippen molar-refractivity contribution in [1.29, 1.82) is 0 Å². The summed E-state index contributed by atoms with van der Waals surface area (Å²) in [5.41, 5.74) is 4.30. The lowest BCUT2D eigenvalue weighted by Gasteiger charge is -2.24. The maximum atomic E-state index is 12.6. The molecule has 5 nitrogen and oxygen atoms in total. The molecule has 1 N–H and O–H groups in total. The Labute approximate surface area is 180 Å². The summed E-state index contributed by atoms with van der Waals surface area (Å²) in [6, 6.07) is 13.3. The number of aryl methyl sites for hydroxylation is 2. The zero-order chi connectivity index (χ0) is 20.3. The van der Waals surface area contributed by atoms with E-state index < -0.39 is 10.0 Å². The van der Waals surface area contributed by atoms with Gasteiger partial charge in [0.1, 0.15) is 6.54 Å². The largest absolute Gasteiger partial charge is 0.348 e. The lowest BCUT2D eigenvalue weighted by Crippen LogP contribution is -2.41. The molecule has 1 amide bonds. The maximum Gasteiger partial charge on any atom is 0.241 e. The zero-order valence-corrected chi connectivity index (χ0v) is 19.1. The summed E-state index contributed by atoms with van der Waals surface area (Å²) < 4.78 is 26.6. The smallest absolute Gasteiger partial charge is 0.241 e. The van der Waals surface area contributed by atoms with E-state index in [9.17, 15) is 13.2 Å². The summed E-state index contributed by atoms with van der Waals surface area (Å²) >= 11 is 2.16. The fraction of sp³-hybridized carbons (Fsp3) is 0.381. The summed E-state index contributed by atoms with van der Waals surface area (Å²) in [5, 5.41) is 2.94. The van der Waals surface area contributed by atoms with Crippen LogP contribution >= 0.6 is 22.6 Å². The van der Waals surface area contributed by atoms with Gasteiger partial charge >= 0.3 is 0 Å². The number of halogens is 1. The SMILES string of the molecule is C[C@@H](NC(=O)CN(c1ccc(I)cc1)S(C)(=O)=O)c1ccc2c(c1)CCCC2. The summed E-state index contributed by atoms with van der Waals surface area (Å²) in [6.07, 6.45) is 5.76. The first-order valence-corrected chi connectivity index (χ1v) is 12.3. The van der Waals surface area contributed by atoms with Gasteiger partial charge in [0, 0.05) is 3.57 Å². The Bertz CT molecular complexity index is 958. The standard InChI is InChI=1S/C21H25IN2O3S/c1-15(17-8-7-16-5-3-4-6-18(16)13-17)23-21(25)14-24(28(2,26)27)20-11-9-19(22)10-12-20/h7-13,15H,3-6,14H2,1-2H3,(H,23,25)/t15-/m1/s1. The molecule has 0 bridgehead atoms. The Morgan fingerprint density at radius 2 is 1.75 bits per heavy atom. The van der Waals surface area contributed by atoms with Crippen LogP contribution in [0.15, 0.2) is 42.5 Å². The number of rotatable bonds is 6. The van der Waals surface area contributed by atoms with Crippen LogP contribution in [0.2, 0.25) is 0 Å². The van der Waals surface area contributed by atoms with E-state index in [1.54, 1.807) is 12.1 Å². The van der Waals surface area contributed by atoms with Crippen molar-refractivity contribution in [3.63, 3.8) is 0 Å². The maximum absolute atomic E-state index is 12.6. The van der Waals surface area contributed by atoms with Crippen LogP contribution in [0.1, 0.15) is 42.5 Å². The lowest BCUT2D eigenvalue weighted by molar-refractivity contribution is -0.120. The van der Waals surface area contributed by atoms with Crippen molar-refractivity contribution in [2.24, 2.45) is 0 Å². The number of hydrogen-bond acceptors (Lipinski definition) is 3. The minimum absolute atomic E-state index is 0.183. The third-order valence-electron chi connectivity index (χ3n) is 5.05. The van der Waals surface area contributed by atoms with Gasteiger partial charge in [-0.05, 0) is 96.2 Å². The van der Waals surface area contributed by atoms with Gasteiger partial charge in [0.2, 0.25) is 15.9 Å². The van der Waals surface area contributed by atoms with Gasteiger partial charge in [0.05, 0.1) is 18.0 Å². The second-order valence-electron chi connectivity index (χ2n) is 7.27.